The van der Waals surface area contributed by atoms with Crippen molar-refractivity contribution >= 4 is 10.8 Å². The third-order valence-corrected chi connectivity index (χ3v) is 1.99. The molecular weight excluding hydrogens is 189 g/mol. The van der Waals surface area contributed by atoms with Gasteiger partial charge in [-0.05, 0) is 11.5 Å². The zero-order valence-electron chi connectivity index (χ0n) is 8.40. The van der Waals surface area contributed by atoms with Gasteiger partial charge in [0.1, 0.15) is 5.76 Å². The molecule has 0 unspecified atom stereocenters. The van der Waals surface area contributed by atoms with Crippen molar-refractivity contribution in [2.45, 2.75) is 0 Å². The number of furan rings is 1. The van der Waals surface area contributed by atoms with Crippen molar-refractivity contribution in [3.8, 4) is 11.8 Å². The van der Waals surface area contributed by atoms with Crippen LogP contribution >= 0.6 is 0 Å². The second-order valence-corrected chi connectivity index (χ2v) is 2.71. The molecule has 0 aliphatic rings. The molecule has 0 saturated heterocycles. The van der Waals surface area contributed by atoms with E-state index >= 15 is 0 Å². The predicted molar refractivity (Wildman–Crippen MR) is 49.3 cm³/mol. The molecule has 0 aliphatic carbocycles. The van der Waals surface area contributed by atoms with Gasteiger partial charge in [0.25, 0.3) is 0 Å². The van der Waals surface area contributed by atoms with Crippen molar-refractivity contribution in [3.05, 3.63) is 34.4 Å². The Labute approximate surface area is 97.6 Å². The number of nitrogens with zero attached hydrogens (tertiary/aromatic N) is 1. The molecule has 15 heavy (non-hydrogen) atoms. The minimum absolute atomic E-state index is 0. The molecule has 0 aliphatic heterocycles. The van der Waals surface area contributed by atoms with Crippen LogP contribution in [0.4, 0.5) is 0 Å². The molecule has 1 aromatic heterocycles. The van der Waals surface area contributed by atoms with E-state index in [2.05, 4.69) is 0 Å². The zero-order chi connectivity index (χ0) is 10.1. The number of nitriles is 1. The molecule has 0 spiro atoms. The Morgan fingerprint density at radius 1 is 1.53 bits per heavy atom. The first-order valence-corrected chi connectivity index (χ1v) is 3.94. The van der Waals surface area contributed by atoms with Crippen molar-refractivity contribution in [2.24, 2.45) is 0 Å². The fourth-order valence-corrected chi connectivity index (χ4v) is 1.38. The number of fused-ring (bicyclic) bond motifs is 1. The first-order chi connectivity index (χ1) is 6.77. The van der Waals surface area contributed by atoms with Crippen LogP contribution in [-0.4, -0.2) is 7.11 Å². The maximum Gasteiger partial charge on any atom is 1.00 e. The molecule has 5 heteroatoms. The summed E-state index contributed by atoms with van der Waals surface area (Å²) in [6.07, 6.45) is 0. The van der Waals surface area contributed by atoms with E-state index in [1.807, 2.05) is 6.07 Å². The first-order valence-electron chi connectivity index (χ1n) is 3.94. The molecule has 0 saturated carbocycles. The van der Waals surface area contributed by atoms with E-state index in [9.17, 15) is 4.79 Å². The van der Waals surface area contributed by atoms with Crippen LogP contribution in [0.5, 0.6) is 5.75 Å². The Hall–Kier alpha value is -1.55. The van der Waals surface area contributed by atoms with Gasteiger partial charge in [-0.2, -0.15) is 0 Å². The van der Waals surface area contributed by atoms with Crippen LogP contribution in [0.25, 0.3) is 10.8 Å². The minimum atomic E-state index is -0.533. The minimum Gasteiger partial charge on any atom is -0.511 e. The van der Waals surface area contributed by atoms with Crippen LogP contribution < -0.4 is 29.2 Å². The average Bonchev–Trinajstić information content (AvgIpc) is 2.55. The Bertz CT molecular complexity index is 576. The fraction of sp³-hybridized carbons (Fsp3) is 0.100. The molecule has 4 nitrogen and oxygen atoms in total. The zero-order valence-corrected chi connectivity index (χ0v) is 8.40. The fourth-order valence-electron chi connectivity index (χ4n) is 1.38. The first kappa shape index (κ1) is 11.5. The van der Waals surface area contributed by atoms with Gasteiger partial charge >= 0.3 is 18.9 Å². The quantitative estimate of drug-likeness (QED) is 0.406. The van der Waals surface area contributed by atoms with Gasteiger partial charge in [-0.3, -0.25) is 0 Å². The van der Waals surface area contributed by atoms with Crippen LogP contribution in [0.2, 0.25) is 0 Å². The summed E-state index contributed by atoms with van der Waals surface area (Å²) in [5.74, 6) is 0.460. The van der Waals surface area contributed by atoms with E-state index in [1.165, 1.54) is 7.11 Å². The van der Waals surface area contributed by atoms with Gasteiger partial charge in [-0.25, -0.2) is 5.26 Å². The van der Waals surface area contributed by atoms with E-state index in [4.69, 9.17) is 14.4 Å². The van der Waals surface area contributed by atoms with E-state index in [-0.39, 0.29) is 24.6 Å². The maximum absolute atomic E-state index is 11.3. The van der Waals surface area contributed by atoms with Gasteiger partial charge in [0.15, 0.2) is 0 Å². The number of ether oxygens (including phenoxy) is 1. The molecule has 0 fully saturated rings. The van der Waals surface area contributed by atoms with E-state index in [0.717, 1.165) is 0 Å². The largest absolute Gasteiger partial charge is 1.00 e. The smallest absolute Gasteiger partial charge is 0.511 e. The second kappa shape index (κ2) is 4.31. The molecule has 2 rings (SSSR count). The molecule has 0 atom stereocenters. The molecule has 70 valence electrons. The Morgan fingerprint density at radius 3 is 2.87 bits per heavy atom. The Morgan fingerprint density at radius 2 is 2.27 bits per heavy atom. The van der Waals surface area contributed by atoms with Gasteiger partial charge < -0.3 is 13.9 Å². The summed E-state index contributed by atoms with van der Waals surface area (Å²) in [5.41, 5.74) is -0.533. The predicted octanol–water partition coefficient (Wildman–Crippen LogP) is -1.60. The summed E-state index contributed by atoms with van der Waals surface area (Å²) < 4.78 is 9.76. The second-order valence-electron chi connectivity index (χ2n) is 2.71. The topological polar surface area (TPSA) is 63.2 Å². The molecule has 1 aromatic carbocycles. The standard InChI is InChI=1S/C10H6NO3.Li/c1-13-7-4-2-3-6-8(5-11)14-10(12)9(6)7;/h2-4H,1H3;/q-1;+1. The molecule has 1 heterocycles. The van der Waals surface area contributed by atoms with Gasteiger partial charge in [0.05, 0.1) is 18.9 Å². The number of methoxy groups -OCH3 is 1. The molecule has 0 bridgehead atoms. The van der Waals surface area contributed by atoms with Gasteiger partial charge in [-0.15, -0.1) is 12.1 Å². The van der Waals surface area contributed by atoms with Crippen molar-refractivity contribution in [1.29, 1.82) is 5.26 Å². The summed E-state index contributed by atoms with van der Waals surface area (Å²) >= 11 is 0. The van der Waals surface area contributed by atoms with Crippen molar-refractivity contribution in [2.75, 3.05) is 7.11 Å². The summed E-state index contributed by atoms with van der Waals surface area (Å²) in [6.45, 7) is 0. The van der Waals surface area contributed by atoms with Crippen LogP contribution in [0.1, 0.15) is 5.76 Å². The number of hydrogen-bond acceptors (Lipinski definition) is 4. The molecule has 0 amide bonds. The maximum atomic E-state index is 11.3. The van der Waals surface area contributed by atoms with Gasteiger partial charge in [-0.1, -0.05) is 5.39 Å². The normalized spacial score (nSPS) is 9.33. The number of hydrogen-bond donors (Lipinski definition) is 0. The van der Waals surface area contributed by atoms with E-state index in [1.54, 1.807) is 18.2 Å². The summed E-state index contributed by atoms with van der Waals surface area (Å²) in [4.78, 5) is 11.3. The van der Waals surface area contributed by atoms with Gasteiger partial charge in [0.2, 0.25) is 5.63 Å². The third kappa shape index (κ3) is 1.68. The number of rotatable bonds is 1. The van der Waals surface area contributed by atoms with Crippen LogP contribution in [0.15, 0.2) is 27.4 Å². The summed E-state index contributed by atoms with van der Waals surface area (Å²) in [6, 6.07) is 6.83. The molecule has 0 radical (unpaired) electrons. The Kier molecular flexibility index (Phi) is 3.31. The molecule has 0 N–H and O–H groups in total. The van der Waals surface area contributed by atoms with Crippen molar-refractivity contribution in [3.63, 3.8) is 0 Å². The Balaban J connectivity index is 0.00000112. The van der Waals surface area contributed by atoms with Crippen molar-refractivity contribution in [1.82, 2.24) is 0 Å². The number of benzene rings is 1. The van der Waals surface area contributed by atoms with E-state index < -0.39 is 5.63 Å². The van der Waals surface area contributed by atoms with Crippen molar-refractivity contribution < 1.29 is 28.0 Å². The SMILES string of the molecule is COc1cccc2c1c(=O)o[c-]2C#N.[Li+]. The molecule has 2 aromatic rings. The van der Waals surface area contributed by atoms with Gasteiger partial charge in [0, 0.05) is 0 Å². The van der Waals surface area contributed by atoms with E-state index in [0.29, 0.717) is 16.5 Å². The van der Waals surface area contributed by atoms with Crippen LogP contribution in [-0.2, 0) is 0 Å². The monoisotopic (exact) mass is 195 g/mol. The summed E-state index contributed by atoms with van der Waals surface area (Å²) in [5, 5.41) is 9.51. The van der Waals surface area contributed by atoms with Crippen LogP contribution in [0.3, 0.4) is 0 Å². The summed E-state index contributed by atoms with van der Waals surface area (Å²) in [7, 11) is 1.47. The molecular formula is C10H6LiNO3. The third-order valence-electron chi connectivity index (χ3n) is 1.99. The average molecular weight is 195 g/mol. The van der Waals surface area contributed by atoms with Crippen LogP contribution in [0, 0.1) is 11.3 Å².